The summed E-state index contributed by atoms with van der Waals surface area (Å²) in [6.45, 7) is 7.30. The number of ether oxygens (including phenoxy) is 1. The summed E-state index contributed by atoms with van der Waals surface area (Å²) in [4.78, 5) is 27.3. The molecule has 1 N–H and O–H groups in total. The summed E-state index contributed by atoms with van der Waals surface area (Å²) in [5.74, 6) is -0.110. The molecule has 8 heteroatoms. The van der Waals surface area contributed by atoms with E-state index in [1.807, 2.05) is 39.0 Å². The maximum Gasteiger partial charge on any atom is 0.261 e. The van der Waals surface area contributed by atoms with Gasteiger partial charge in [-0.15, -0.1) is 0 Å². The molecule has 0 saturated carbocycles. The van der Waals surface area contributed by atoms with E-state index in [-0.39, 0.29) is 25.0 Å². The number of amides is 2. The lowest BCUT2D eigenvalue weighted by atomic mass is 10.1. The van der Waals surface area contributed by atoms with Gasteiger partial charge in [-0.05, 0) is 73.5 Å². The van der Waals surface area contributed by atoms with E-state index in [9.17, 15) is 9.59 Å². The summed E-state index contributed by atoms with van der Waals surface area (Å²) < 4.78 is 6.31. The average molecular weight is 516 g/mol. The largest absolute Gasteiger partial charge is 0.483 e. The fraction of sp³-hybridized carbons (Fsp3) is 0.364. The molecule has 0 radical (unpaired) electrons. The van der Waals surface area contributed by atoms with Gasteiger partial charge in [-0.1, -0.05) is 41.4 Å². The zero-order valence-electron chi connectivity index (χ0n) is 17.3. The van der Waals surface area contributed by atoms with E-state index in [2.05, 4.69) is 21.2 Å². The van der Waals surface area contributed by atoms with Crippen molar-refractivity contribution in [1.82, 2.24) is 10.2 Å². The molecule has 30 heavy (non-hydrogen) atoms. The molecule has 1 atom stereocenters. The van der Waals surface area contributed by atoms with Crippen LogP contribution in [0.15, 0.2) is 46.9 Å². The Morgan fingerprint density at radius 3 is 2.43 bits per heavy atom. The molecule has 2 aromatic carbocycles. The summed E-state index contributed by atoms with van der Waals surface area (Å²) in [5.41, 5.74) is 0.324. The molecule has 0 aromatic heterocycles. The summed E-state index contributed by atoms with van der Waals surface area (Å²) in [5, 5.41) is 3.99. The number of rotatable bonds is 7. The molecule has 0 heterocycles. The molecule has 2 amide bonds. The van der Waals surface area contributed by atoms with Gasteiger partial charge in [0.25, 0.3) is 5.91 Å². The van der Waals surface area contributed by atoms with Crippen molar-refractivity contribution in [1.29, 1.82) is 0 Å². The van der Waals surface area contributed by atoms with Gasteiger partial charge in [-0.2, -0.15) is 0 Å². The van der Waals surface area contributed by atoms with Crippen molar-refractivity contribution in [3.05, 3.63) is 62.5 Å². The molecule has 0 fully saturated rings. The Morgan fingerprint density at radius 1 is 1.17 bits per heavy atom. The number of halogens is 3. The Balaban J connectivity index is 2.21. The molecule has 2 aromatic rings. The van der Waals surface area contributed by atoms with E-state index in [4.69, 9.17) is 27.9 Å². The van der Waals surface area contributed by atoms with Crippen molar-refractivity contribution in [2.75, 3.05) is 6.61 Å². The molecule has 1 unspecified atom stereocenters. The van der Waals surface area contributed by atoms with Crippen molar-refractivity contribution in [3.8, 4) is 5.75 Å². The smallest absolute Gasteiger partial charge is 0.261 e. The van der Waals surface area contributed by atoms with Gasteiger partial charge >= 0.3 is 0 Å². The Bertz CT molecular complexity index is 915. The van der Waals surface area contributed by atoms with Gasteiger partial charge in [-0.25, -0.2) is 0 Å². The second-order valence-corrected chi connectivity index (χ2v) is 9.59. The van der Waals surface area contributed by atoms with Gasteiger partial charge in [0.15, 0.2) is 6.61 Å². The van der Waals surface area contributed by atoms with Crippen molar-refractivity contribution < 1.29 is 14.3 Å². The van der Waals surface area contributed by atoms with Crippen LogP contribution >= 0.6 is 39.1 Å². The van der Waals surface area contributed by atoms with Crippen LogP contribution in [0, 0.1) is 0 Å². The van der Waals surface area contributed by atoms with Crippen LogP contribution in [0.1, 0.15) is 33.3 Å². The highest BCUT2D eigenvalue weighted by molar-refractivity contribution is 9.10. The highest BCUT2D eigenvalue weighted by atomic mass is 79.9. The van der Waals surface area contributed by atoms with E-state index in [1.165, 1.54) is 4.90 Å². The molecule has 5 nitrogen and oxygen atoms in total. The minimum absolute atomic E-state index is 0.183. The molecule has 0 saturated heterocycles. The van der Waals surface area contributed by atoms with Crippen molar-refractivity contribution in [2.45, 2.75) is 45.8 Å². The molecule has 0 aliphatic rings. The third kappa shape index (κ3) is 7.18. The zero-order valence-corrected chi connectivity index (χ0v) is 20.4. The van der Waals surface area contributed by atoms with Gasteiger partial charge in [0, 0.05) is 22.1 Å². The highest BCUT2D eigenvalue weighted by Crippen LogP contribution is 2.28. The third-order valence-corrected chi connectivity index (χ3v) is 5.43. The lowest BCUT2D eigenvalue weighted by Gasteiger charge is -2.31. The second-order valence-electron chi connectivity index (χ2n) is 7.89. The number of carbonyl (C=O) groups is 2. The van der Waals surface area contributed by atoms with Gasteiger partial charge in [0.2, 0.25) is 5.91 Å². The minimum Gasteiger partial charge on any atom is -0.483 e. The molecule has 0 aliphatic carbocycles. The topological polar surface area (TPSA) is 58.6 Å². The van der Waals surface area contributed by atoms with Crippen LogP contribution in [-0.2, 0) is 16.1 Å². The maximum atomic E-state index is 13.1. The van der Waals surface area contributed by atoms with Crippen LogP contribution in [-0.4, -0.2) is 34.9 Å². The standard InChI is InChI=1S/C22H25BrCl2N2O3/c1-14(21(29)26-22(2,3)4)27(12-15-7-5-6-8-18(15)25)20(28)13-30-19-10-9-16(24)11-17(19)23/h5-11,14H,12-13H2,1-4H3,(H,26,29). The molecule has 0 aliphatic heterocycles. The van der Waals surface area contributed by atoms with Gasteiger partial charge in [0.1, 0.15) is 11.8 Å². The summed E-state index contributed by atoms with van der Waals surface area (Å²) in [6, 6.07) is 11.5. The zero-order chi connectivity index (χ0) is 22.5. The molecule has 0 spiro atoms. The fourth-order valence-electron chi connectivity index (χ4n) is 2.68. The second kappa shape index (κ2) is 10.5. The summed E-state index contributed by atoms with van der Waals surface area (Å²) in [7, 11) is 0. The Labute approximate surface area is 195 Å². The number of nitrogens with one attached hydrogen (secondary N) is 1. The normalized spacial score (nSPS) is 12.2. The summed E-state index contributed by atoms with van der Waals surface area (Å²) in [6.07, 6.45) is 0. The summed E-state index contributed by atoms with van der Waals surface area (Å²) >= 11 is 15.6. The van der Waals surface area contributed by atoms with E-state index in [1.54, 1.807) is 31.2 Å². The van der Waals surface area contributed by atoms with Gasteiger partial charge < -0.3 is 15.0 Å². The first-order valence-electron chi connectivity index (χ1n) is 9.40. The van der Waals surface area contributed by atoms with Crippen LogP contribution in [0.5, 0.6) is 5.75 Å². The first kappa shape index (κ1) is 24.5. The number of nitrogens with zero attached hydrogens (tertiary/aromatic N) is 1. The van der Waals surface area contributed by atoms with Crippen LogP contribution in [0.25, 0.3) is 0 Å². The Kier molecular flexibility index (Phi) is 8.59. The molecule has 2 rings (SSSR count). The lowest BCUT2D eigenvalue weighted by Crippen LogP contribution is -2.53. The van der Waals surface area contributed by atoms with Crippen LogP contribution in [0.3, 0.4) is 0 Å². The number of benzene rings is 2. The van der Waals surface area contributed by atoms with E-state index in [0.717, 1.165) is 5.56 Å². The Morgan fingerprint density at radius 2 is 1.83 bits per heavy atom. The van der Waals surface area contributed by atoms with Gasteiger partial charge in [-0.3, -0.25) is 9.59 Å². The predicted octanol–water partition coefficient (Wildman–Crippen LogP) is 5.47. The van der Waals surface area contributed by atoms with Crippen molar-refractivity contribution >= 4 is 50.9 Å². The van der Waals surface area contributed by atoms with Crippen LogP contribution < -0.4 is 10.1 Å². The third-order valence-electron chi connectivity index (χ3n) is 4.21. The average Bonchev–Trinajstić information content (AvgIpc) is 2.64. The quantitative estimate of drug-likeness (QED) is 0.532. The monoisotopic (exact) mass is 514 g/mol. The molecule has 162 valence electrons. The van der Waals surface area contributed by atoms with E-state index < -0.39 is 11.6 Å². The predicted molar refractivity (Wildman–Crippen MR) is 124 cm³/mol. The number of hydrogen-bond acceptors (Lipinski definition) is 3. The van der Waals surface area contributed by atoms with Crippen molar-refractivity contribution in [3.63, 3.8) is 0 Å². The fourth-order valence-corrected chi connectivity index (χ4v) is 3.67. The first-order valence-corrected chi connectivity index (χ1v) is 11.0. The first-order chi connectivity index (χ1) is 14.0. The van der Waals surface area contributed by atoms with E-state index >= 15 is 0 Å². The number of hydrogen-bond donors (Lipinski definition) is 1. The maximum absolute atomic E-state index is 13.1. The Hall–Kier alpha value is -1.76. The SMILES string of the molecule is CC(C(=O)NC(C)(C)C)N(Cc1ccccc1Cl)C(=O)COc1ccc(Cl)cc1Br. The van der Waals surface area contributed by atoms with Gasteiger partial charge in [0.05, 0.1) is 4.47 Å². The molecular formula is C22H25BrCl2N2O3. The van der Waals surface area contributed by atoms with Crippen LogP contribution in [0.2, 0.25) is 10.0 Å². The van der Waals surface area contributed by atoms with Crippen molar-refractivity contribution in [2.24, 2.45) is 0 Å². The molecular weight excluding hydrogens is 491 g/mol. The van der Waals surface area contributed by atoms with E-state index in [0.29, 0.717) is 20.3 Å². The molecule has 0 bridgehead atoms. The number of carbonyl (C=O) groups excluding carboxylic acids is 2. The highest BCUT2D eigenvalue weighted by Gasteiger charge is 2.29. The van der Waals surface area contributed by atoms with Crippen LogP contribution in [0.4, 0.5) is 0 Å². The minimum atomic E-state index is -0.717. The lowest BCUT2D eigenvalue weighted by molar-refractivity contribution is -0.142.